The summed E-state index contributed by atoms with van der Waals surface area (Å²) in [6.45, 7) is 3.85. The summed E-state index contributed by atoms with van der Waals surface area (Å²) in [6, 6.07) is 0.254. The molecule has 1 saturated heterocycles. The Hall–Kier alpha value is -0.710. The summed E-state index contributed by atoms with van der Waals surface area (Å²) in [5, 5.41) is 4.90. The van der Waals surface area contributed by atoms with Crippen molar-refractivity contribution in [2.75, 3.05) is 20.1 Å². The third kappa shape index (κ3) is 2.03. The Bertz CT molecular complexity index is 279. The first-order valence-corrected chi connectivity index (χ1v) is 5.74. The van der Waals surface area contributed by atoms with Gasteiger partial charge in [0, 0.05) is 25.3 Å². The van der Waals surface area contributed by atoms with Gasteiger partial charge in [-0.1, -0.05) is 18.7 Å². The normalized spacial score (nSPS) is 32.3. The molecule has 0 spiro atoms. The Morgan fingerprint density at radius 3 is 2.93 bits per heavy atom. The van der Waals surface area contributed by atoms with E-state index >= 15 is 0 Å². The van der Waals surface area contributed by atoms with E-state index in [0.717, 1.165) is 18.3 Å². The Balaban J connectivity index is 1.85. The summed E-state index contributed by atoms with van der Waals surface area (Å²) >= 11 is 1.76. The maximum Gasteiger partial charge on any atom is 0.224 e. The minimum absolute atomic E-state index is 0.221. The Morgan fingerprint density at radius 2 is 2.43 bits per heavy atom. The van der Waals surface area contributed by atoms with E-state index in [2.05, 4.69) is 17.2 Å². The van der Waals surface area contributed by atoms with Gasteiger partial charge in [-0.05, 0) is 0 Å². The van der Waals surface area contributed by atoms with Crippen molar-refractivity contribution in [3.8, 4) is 0 Å². The van der Waals surface area contributed by atoms with Crippen LogP contribution in [0.25, 0.3) is 0 Å². The van der Waals surface area contributed by atoms with E-state index < -0.39 is 0 Å². The van der Waals surface area contributed by atoms with Crippen LogP contribution in [-0.2, 0) is 4.79 Å². The number of likely N-dealkylation sites (N-methyl/N-ethyl adjacent to an activating group) is 1. The molecule has 0 bridgehead atoms. The number of carbonyl (C=O) groups is 1. The van der Waals surface area contributed by atoms with E-state index in [1.54, 1.807) is 16.7 Å². The Morgan fingerprint density at radius 1 is 1.64 bits per heavy atom. The number of nitrogens with zero attached hydrogens (tertiary/aromatic N) is 2. The maximum atomic E-state index is 11.3. The second kappa shape index (κ2) is 3.81. The lowest BCUT2D eigenvalue weighted by Crippen LogP contribution is -2.34. The van der Waals surface area contributed by atoms with Gasteiger partial charge in [0.1, 0.15) is 0 Å². The average Bonchev–Trinajstić information content (AvgIpc) is 2.62. The van der Waals surface area contributed by atoms with Gasteiger partial charge in [-0.25, -0.2) is 0 Å². The van der Waals surface area contributed by atoms with Gasteiger partial charge in [-0.2, -0.15) is 0 Å². The van der Waals surface area contributed by atoms with E-state index in [1.807, 2.05) is 7.05 Å². The van der Waals surface area contributed by atoms with Crippen molar-refractivity contribution in [2.45, 2.75) is 24.6 Å². The number of hydrogen-bond acceptors (Lipinski definition) is 4. The predicted molar refractivity (Wildman–Crippen MR) is 58.5 cm³/mol. The minimum Gasteiger partial charge on any atom is -0.360 e. The molecule has 4 nitrogen and oxygen atoms in total. The molecule has 0 saturated carbocycles. The molecule has 0 aromatic heterocycles. The summed E-state index contributed by atoms with van der Waals surface area (Å²) in [5.41, 5.74) is 0. The van der Waals surface area contributed by atoms with E-state index in [4.69, 9.17) is 0 Å². The molecule has 1 fully saturated rings. The van der Waals surface area contributed by atoms with Crippen molar-refractivity contribution in [2.24, 2.45) is 4.99 Å². The number of amidine groups is 1. The molecule has 1 N–H and O–H groups in total. The fourth-order valence-corrected chi connectivity index (χ4v) is 2.61. The molecule has 2 unspecified atom stereocenters. The van der Waals surface area contributed by atoms with Crippen molar-refractivity contribution in [3.05, 3.63) is 0 Å². The first kappa shape index (κ1) is 9.83. The molecule has 2 aliphatic rings. The molecular weight excluding hydrogens is 198 g/mol. The van der Waals surface area contributed by atoms with Crippen LogP contribution in [0.5, 0.6) is 0 Å². The molecule has 0 aliphatic carbocycles. The molecule has 1 amide bonds. The lowest BCUT2D eigenvalue weighted by atomic mass is 10.3. The number of rotatable bonds is 1. The first-order chi connectivity index (χ1) is 6.65. The van der Waals surface area contributed by atoms with Gasteiger partial charge in [-0.3, -0.25) is 9.79 Å². The summed E-state index contributed by atoms with van der Waals surface area (Å²) < 4.78 is 0. The van der Waals surface area contributed by atoms with E-state index in [1.165, 1.54) is 0 Å². The first-order valence-electron chi connectivity index (χ1n) is 4.87. The van der Waals surface area contributed by atoms with Crippen molar-refractivity contribution >= 4 is 22.8 Å². The van der Waals surface area contributed by atoms with Crippen molar-refractivity contribution < 1.29 is 4.79 Å². The molecule has 2 rings (SSSR count). The van der Waals surface area contributed by atoms with Crippen LogP contribution in [-0.4, -0.2) is 47.4 Å². The molecule has 14 heavy (non-hydrogen) atoms. The van der Waals surface area contributed by atoms with Crippen LogP contribution in [0.2, 0.25) is 0 Å². The number of aliphatic imine (C=N–C) groups is 1. The summed E-state index contributed by atoms with van der Waals surface area (Å²) in [6.07, 6.45) is 0.602. The van der Waals surface area contributed by atoms with Crippen LogP contribution in [0.15, 0.2) is 4.99 Å². The van der Waals surface area contributed by atoms with Crippen LogP contribution < -0.4 is 5.32 Å². The Labute approximate surface area is 88.1 Å². The molecular formula is C9H15N3OS. The number of nitrogens with one attached hydrogen (secondary N) is 1. The number of hydrogen-bond donors (Lipinski definition) is 1. The summed E-state index contributed by atoms with van der Waals surface area (Å²) in [4.78, 5) is 17.4. The van der Waals surface area contributed by atoms with Crippen LogP contribution in [0, 0.1) is 0 Å². The zero-order valence-electron chi connectivity index (χ0n) is 8.49. The second-order valence-electron chi connectivity index (χ2n) is 3.89. The zero-order chi connectivity index (χ0) is 10.1. The minimum atomic E-state index is 0.221. The molecule has 2 aliphatic heterocycles. The van der Waals surface area contributed by atoms with Crippen LogP contribution >= 0.6 is 11.8 Å². The largest absolute Gasteiger partial charge is 0.360 e. The van der Waals surface area contributed by atoms with Gasteiger partial charge in [0.2, 0.25) is 5.91 Å². The third-order valence-electron chi connectivity index (χ3n) is 2.47. The molecule has 2 atom stereocenters. The van der Waals surface area contributed by atoms with E-state index in [9.17, 15) is 4.79 Å². The topological polar surface area (TPSA) is 44.7 Å². The highest BCUT2D eigenvalue weighted by molar-refractivity contribution is 8.14. The van der Waals surface area contributed by atoms with Gasteiger partial charge in [0.15, 0.2) is 5.17 Å². The highest BCUT2D eigenvalue weighted by atomic mass is 32.2. The molecule has 0 aromatic carbocycles. The second-order valence-corrected chi connectivity index (χ2v) is 5.32. The van der Waals surface area contributed by atoms with Gasteiger partial charge in [-0.15, -0.1) is 0 Å². The van der Waals surface area contributed by atoms with Gasteiger partial charge in [0.05, 0.1) is 12.6 Å². The summed E-state index contributed by atoms with van der Waals surface area (Å²) in [5.74, 6) is 0.221. The molecule has 78 valence electrons. The summed E-state index contributed by atoms with van der Waals surface area (Å²) in [7, 11) is 1.84. The standard InChI is InChI=1S/C9H15N3OS/c1-6-4-10-9(14-6)11-7-3-8(13)12(2)5-7/h6-7H,3-5H2,1-2H3,(H,10,11). The average molecular weight is 213 g/mol. The fourth-order valence-electron chi connectivity index (χ4n) is 1.69. The van der Waals surface area contributed by atoms with Crippen LogP contribution in [0.3, 0.4) is 0 Å². The van der Waals surface area contributed by atoms with Crippen LogP contribution in [0.4, 0.5) is 0 Å². The molecule has 5 heteroatoms. The van der Waals surface area contributed by atoms with Crippen LogP contribution in [0.1, 0.15) is 13.3 Å². The van der Waals surface area contributed by atoms with E-state index in [0.29, 0.717) is 11.7 Å². The molecule has 2 heterocycles. The smallest absolute Gasteiger partial charge is 0.224 e. The lowest BCUT2D eigenvalue weighted by Gasteiger charge is -2.12. The highest BCUT2D eigenvalue weighted by Crippen LogP contribution is 2.20. The lowest BCUT2D eigenvalue weighted by molar-refractivity contribution is -0.126. The Kier molecular flexibility index (Phi) is 2.67. The van der Waals surface area contributed by atoms with Gasteiger partial charge < -0.3 is 10.2 Å². The maximum absolute atomic E-state index is 11.3. The van der Waals surface area contributed by atoms with Gasteiger partial charge in [0.25, 0.3) is 0 Å². The third-order valence-corrected chi connectivity index (χ3v) is 3.50. The van der Waals surface area contributed by atoms with Crippen molar-refractivity contribution in [3.63, 3.8) is 0 Å². The zero-order valence-corrected chi connectivity index (χ0v) is 9.30. The van der Waals surface area contributed by atoms with Gasteiger partial charge >= 0.3 is 0 Å². The number of thioether (sulfide) groups is 1. The number of carbonyl (C=O) groups excluding carboxylic acids is 1. The SMILES string of the molecule is CC1CN=C(NC2CC(=O)N(C)C2)S1. The van der Waals surface area contributed by atoms with Crippen molar-refractivity contribution in [1.29, 1.82) is 0 Å². The number of likely N-dealkylation sites (tertiary alicyclic amines) is 1. The quantitative estimate of drug-likeness (QED) is 0.681. The highest BCUT2D eigenvalue weighted by Gasteiger charge is 2.28. The number of amides is 1. The monoisotopic (exact) mass is 213 g/mol. The fraction of sp³-hybridized carbons (Fsp3) is 0.778. The van der Waals surface area contributed by atoms with E-state index in [-0.39, 0.29) is 11.9 Å². The van der Waals surface area contributed by atoms with Crippen molar-refractivity contribution in [1.82, 2.24) is 10.2 Å². The molecule has 0 aromatic rings. The predicted octanol–water partition coefficient (Wildman–Crippen LogP) is 0.298. The molecule has 0 radical (unpaired) electrons.